The lowest BCUT2D eigenvalue weighted by atomic mass is 10.0. The summed E-state index contributed by atoms with van der Waals surface area (Å²) in [5, 5.41) is 19.9. The predicted octanol–water partition coefficient (Wildman–Crippen LogP) is 4.61. The summed E-state index contributed by atoms with van der Waals surface area (Å²) >= 11 is 0. The fraction of sp³-hybridized carbons (Fsp3) is 0.192. The van der Waals surface area contributed by atoms with E-state index in [0.717, 1.165) is 18.4 Å². The van der Waals surface area contributed by atoms with Gasteiger partial charge in [-0.15, -0.1) is 0 Å². The standard InChI is InChI=1S/C26H24F2N2O4S/c1-26(2,32)23-14-30(25(29-23)24-20(27)5-4-6-21(24)28)19-11-9-16(10-12-19)17-7-8-18(15-31)22(13-17)35(3,33)34/h4-14,31-32H,15H2,1-3H3. The lowest BCUT2D eigenvalue weighted by molar-refractivity contribution is 0.0743. The first-order valence-corrected chi connectivity index (χ1v) is 12.6. The van der Waals surface area contributed by atoms with Crippen molar-refractivity contribution in [3.05, 3.63) is 89.8 Å². The topological polar surface area (TPSA) is 92.4 Å². The zero-order valence-corrected chi connectivity index (χ0v) is 20.1. The highest BCUT2D eigenvalue weighted by atomic mass is 32.2. The summed E-state index contributed by atoms with van der Waals surface area (Å²) < 4.78 is 55.0. The van der Waals surface area contributed by atoms with Crippen molar-refractivity contribution in [2.75, 3.05) is 6.26 Å². The van der Waals surface area contributed by atoms with Crippen LogP contribution in [0.15, 0.2) is 71.8 Å². The van der Waals surface area contributed by atoms with Crippen LogP contribution in [0.25, 0.3) is 28.2 Å². The Labute approximate surface area is 202 Å². The van der Waals surface area contributed by atoms with E-state index in [1.54, 1.807) is 36.4 Å². The molecule has 0 atom stereocenters. The van der Waals surface area contributed by atoms with Crippen molar-refractivity contribution < 1.29 is 27.4 Å². The molecule has 182 valence electrons. The molecule has 0 bridgehead atoms. The van der Waals surface area contributed by atoms with E-state index >= 15 is 0 Å². The van der Waals surface area contributed by atoms with Crippen LogP contribution in [0.4, 0.5) is 8.78 Å². The van der Waals surface area contributed by atoms with Crippen LogP contribution in [0.1, 0.15) is 25.1 Å². The molecule has 3 aromatic carbocycles. The van der Waals surface area contributed by atoms with Crippen molar-refractivity contribution in [3.63, 3.8) is 0 Å². The third-order valence-electron chi connectivity index (χ3n) is 5.63. The molecule has 0 fully saturated rings. The van der Waals surface area contributed by atoms with E-state index < -0.39 is 33.7 Å². The third kappa shape index (κ3) is 4.88. The maximum absolute atomic E-state index is 14.6. The number of halogens is 2. The molecule has 2 N–H and O–H groups in total. The van der Waals surface area contributed by atoms with Gasteiger partial charge in [0.1, 0.15) is 17.2 Å². The second-order valence-corrected chi connectivity index (χ2v) is 10.8. The number of imidazole rings is 1. The number of rotatable bonds is 6. The molecular weight excluding hydrogens is 474 g/mol. The number of hydrogen-bond donors (Lipinski definition) is 2. The van der Waals surface area contributed by atoms with Gasteiger partial charge in [-0.3, -0.25) is 4.57 Å². The van der Waals surface area contributed by atoms with Gasteiger partial charge in [-0.2, -0.15) is 0 Å². The quantitative estimate of drug-likeness (QED) is 0.405. The molecule has 0 unspecified atom stereocenters. The molecule has 1 aromatic heterocycles. The highest BCUT2D eigenvalue weighted by molar-refractivity contribution is 7.90. The molecule has 1 heterocycles. The molecule has 0 radical (unpaired) electrons. The summed E-state index contributed by atoms with van der Waals surface area (Å²) in [7, 11) is -3.55. The van der Waals surface area contributed by atoms with E-state index in [4.69, 9.17) is 0 Å². The molecule has 0 aliphatic heterocycles. The van der Waals surface area contributed by atoms with Crippen LogP contribution in [0, 0.1) is 11.6 Å². The average molecular weight is 499 g/mol. The van der Waals surface area contributed by atoms with Gasteiger partial charge in [0.2, 0.25) is 0 Å². The molecule has 4 aromatic rings. The van der Waals surface area contributed by atoms with Crippen LogP contribution in [0.5, 0.6) is 0 Å². The van der Waals surface area contributed by atoms with E-state index in [1.165, 1.54) is 36.7 Å². The number of nitrogens with zero attached hydrogens (tertiary/aromatic N) is 2. The third-order valence-corrected chi connectivity index (χ3v) is 6.81. The van der Waals surface area contributed by atoms with Gasteiger partial charge in [0.15, 0.2) is 15.7 Å². The maximum atomic E-state index is 14.6. The van der Waals surface area contributed by atoms with Gasteiger partial charge in [0.25, 0.3) is 0 Å². The number of sulfone groups is 1. The maximum Gasteiger partial charge on any atom is 0.175 e. The smallest absolute Gasteiger partial charge is 0.175 e. The van der Waals surface area contributed by atoms with Crippen molar-refractivity contribution >= 4 is 9.84 Å². The number of aliphatic hydroxyl groups excluding tert-OH is 1. The number of hydrogen-bond acceptors (Lipinski definition) is 5. The fourth-order valence-electron chi connectivity index (χ4n) is 3.78. The lowest BCUT2D eigenvalue weighted by Gasteiger charge is -2.13. The molecule has 0 spiro atoms. The molecule has 35 heavy (non-hydrogen) atoms. The second-order valence-electron chi connectivity index (χ2n) is 8.78. The summed E-state index contributed by atoms with van der Waals surface area (Å²) in [6.45, 7) is 2.65. The first kappa shape index (κ1) is 24.7. The minimum atomic E-state index is -3.55. The molecule has 0 aliphatic carbocycles. The van der Waals surface area contributed by atoms with Gasteiger partial charge in [0.05, 0.1) is 22.8 Å². The first-order valence-electron chi connectivity index (χ1n) is 10.7. The molecule has 0 saturated heterocycles. The SMILES string of the molecule is CC(C)(O)c1cn(-c2ccc(-c3ccc(CO)c(S(C)(=O)=O)c3)cc2)c(-c2c(F)cccc2F)n1. The molecule has 0 aliphatic rings. The summed E-state index contributed by atoms with van der Waals surface area (Å²) in [4.78, 5) is 4.38. The normalized spacial score (nSPS) is 12.2. The number of aromatic nitrogens is 2. The molecule has 4 rings (SSSR count). The lowest BCUT2D eigenvalue weighted by Crippen LogP contribution is -2.15. The number of aliphatic hydroxyl groups is 2. The highest BCUT2D eigenvalue weighted by Gasteiger charge is 2.25. The monoisotopic (exact) mass is 498 g/mol. The zero-order valence-electron chi connectivity index (χ0n) is 19.3. The molecule has 0 saturated carbocycles. The minimum Gasteiger partial charge on any atom is -0.392 e. The molecule has 9 heteroatoms. The van der Waals surface area contributed by atoms with Crippen LogP contribution in [0.2, 0.25) is 0 Å². The Balaban J connectivity index is 1.83. The van der Waals surface area contributed by atoms with Gasteiger partial charge >= 0.3 is 0 Å². The number of benzene rings is 3. The summed E-state index contributed by atoms with van der Waals surface area (Å²) in [5.41, 5.74) is 0.729. The van der Waals surface area contributed by atoms with Crippen LogP contribution in [-0.4, -0.2) is 34.4 Å². The Hall–Kier alpha value is -3.40. The van der Waals surface area contributed by atoms with Crippen molar-refractivity contribution in [2.45, 2.75) is 31.0 Å². The Morgan fingerprint density at radius 3 is 2.11 bits per heavy atom. The highest BCUT2D eigenvalue weighted by Crippen LogP contribution is 2.32. The summed E-state index contributed by atoms with van der Waals surface area (Å²) in [5.74, 6) is -1.57. The molecule has 0 amide bonds. The van der Waals surface area contributed by atoms with E-state index in [0.29, 0.717) is 22.4 Å². The largest absolute Gasteiger partial charge is 0.392 e. The van der Waals surface area contributed by atoms with Crippen molar-refractivity contribution in [1.29, 1.82) is 0 Å². The second kappa shape index (κ2) is 8.99. The van der Waals surface area contributed by atoms with E-state index in [1.807, 2.05) is 0 Å². The minimum absolute atomic E-state index is 0.00265. The van der Waals surface area contributed by atoms with Gasteiger partial charge in [-0.25, -0.2) is 22.2 Å². The van der Waals surface area contributed by atoms with Gasteiger partial charge in [-0.1, -0.05) is 30.3 Å². The summed E-state index contributed by atoms with van der Waals surface area (Å²) in [6, 6.07) is 15.2. The Kier molecular flexibility index (Phi) is 6.35. The van der Waals surface area contributed by atoms with Crippen LogP contribution < -0.4 is 0 Å². The van der Waals surface area contributed by atoms with E-state index in [2.05, 4.69) is 4.98 Å². The van der Waals surface area contributed by atoms with Gasteiger partial charge in [0, 0.05) is 18.1 Å². The van der Waals surface area contributed by atoms with Crippen molar-refractivity contribution in [3.8, 4) is 28.2 Å². The Morgan fingerprint density at radius 2 is 1.57 bits per heavy atom. The van der Waals surface area contributed by atoms with Gasteiger partial charge < -0.3 is 10.2 Å². The van der Waals surface area contributed by atoms with E-state index in [9.17, 15) is 27.4 Å². The Bertz CT molecular complexity index is 1490. The van der Waals surface area contributed by atoms with Crippen LogP contribution in [-0.2, 0) is 22.0 Å². The van der Waals surface area contributed by atoms with E-state index in [-0.39, 0.29) is 22.0 Å². The zero-order chi connectivity index (χ0) is 25.5. The molecular formula is C26H24F2N2O4S. The summed E-state index contributed by atoms with van der Waals surface area (Å²) in [6.07, 6.45) is 2.60. The van der Waals surface area contributed by atoms with Gasteiger partial charge in [-0.05, 0) is 60.9 Å². The predicted molar refractivity (Wildman–Crippen MR) is 129 cm³/mol. The van der Waals surface area contributed by atoms with Crippen molar-refractivity contribution in [2.24, 2.45) is 0 Å². The molecule has 6 nitrogen and oxygen atoms in total. The van der Waals surface area contributed by atoms with Crippen LogP contribution >= 0.6 is 0 Å². The first-order chi connectivity index (χ1) is 16.4. The average Bonchev–Trinajstić information content (AvgIpc) is 3.24. The van der Waals surface area contributed by atoms with Crippen molar-refractivity contribution in [1.82, 2.24) is 9.55 Å². The fourth-order valence-corrected chi connectivity index (χ4v) is 4.73. The Morgan fingerprint density at radius 1 is 0.971 bits per heavy atom. The van der Waals surface area contributed by atoms with Crippen LogP contribution in [0.3, 0.4) is 0 Å².